The van der Waals surface area contributed by atoms with Crippen LogP contribution in [0.3, 0.4) is 0 Å². The van der Waals surface area contributed by atoms with Crippen molar-refractivity contribution >= 4 is 38.6 Å². The molecule has 12 heteroatoms. The van der Waals surface area contributed by atoms with E-state index in [1.54, 1.807) is 18.2 Å². The second-order valence-electron chi connectivity index (χ2n) is 9.20. The van der Waals surface area contributed by atoms with Crippen LogP contribution in [0.15, 0.2) is 59.5 Å². The van der Waals surface area contributed by atoms with Gasteiger partial charge in [-0.05, 0) is 42.2 Å². The molecule has 4 rings (SSSR count). The summed E-state index contributed by atoms with van der Waals surface area (Å²) in [5.41, 5.74) is 5.61. The topological polar surface area (TPSA) is 169 Å². The average Bonchev–Trinajstić information content (AvgIpc) is 3.38. The van der Waals surface area contributed by atoms with Crippen LogP contribution in [0.2, 0.25) is 0 Å². The fourth-order valence-corrected chi connectivity index (χ4v) is 6.03. The molecular formula is C25H32N6O5S. The fraction of sp³-hybridized carbons (Fsp3) is 0.400. The summed E-state index contributed by atoms with van der Waals surface area (Å²) in [5, 5.41) is 22.1. The minimum absolute atomic E-state index is 0.000701. The molecule has 2 heterocycles. The molecule has 11 nitrogen and oxygen atoms in total. The molecule has 0 bridgehead atoms. The average molecular weight is 529 g/mol. The van der Waals surface area contributed by atoms with Gasteiger partial charge in [-0.15, -0.1) is 0 Å². The first-order chi connectivity index (χ1) is 17.7. The van der Waals surface area contributed by atoms with Gasteiger partial charge in [-0.3, -0.25) is 15.0 Å². The van der Waals surface area contributed by atoms with Crippen molar-refractivity contribution in [3.8, 4) is 0 Å². The Labute approximate surface area is 215 Å². The zero-order chi connectivity index (χ0) is 26.6. The van der Waals surface area contributed by atoms with E-state index in [4.69, 9.17) is 11.1 Å². The quantitative estimate of drug-likeness (QED) is 0.184. The predicted octanol–water partition coefficient (Wildman–Crippen LogP) is 0.110. The highest BCUT2D eigenvalue weighted by molar-refractivity contribution is 7.89. The van der Waals surface area contributed by atoms with E-state index >= 15 is 0 Å². The van der Waals surface area contributed by atoms with E-state index in [1.165, 1.54) is 21.9 Å². The summed E-state index contributed by atoms with van der Waals surface area (Å²) >= 11 is 0. The number of rotatable bonds is 8. The smallest absolute Gasteiger partial charge is 0.243 e. The zero-order valence-corrected chi connectivity index (χ0v) is 21.2. The molecule has 2 amide bonds. The van der Waals surface area contributed by atoms with E-state index < -0.39 is 34.6 Å². The summed E-state index contributed by atoms with van der Waals surface area (Å²) in [7, 11) is -4.08. The maximum absolute atomic E-state index is 13.3. The summed E-state index contributed by atoms with van der Waals surface area (Å²) in [6.07, 6.45) is 5.44. The van der Waals surface area contributed by atoms with E-state index in [0.29, 0.717) is 32.4 Å². The number of aliphatic hydroxyl groups excluding tert-OH is 1. The number of carbonyl (C=O) groups excluding carboxylic acids is 2. The molecule has 2 aliphatic rings. The first-order valence-electron chi connectivity index (χ1n) is 12.2. The summed E-state index contributed by atoms with van der Waals surface area (Å²) in [6.45, 7) is 0.228. The van der Waals surface area contributed by atoms with Crippen LogP contribution in [-0.2, 0) is 19.6 Å². The number of sulfonamides is 1. The van der Waals surface area contributed by atoms with Crippen molar-refractivity contribution in [1.29, 1.82) is 5.41 Å². The summed E-state index contributed by atoms with van der Waals surface area (Å²) in [6, 6.07) is 9.69. The molecule has 0 aromatic heterocycles. The third-order valence-corrected chi connectivity index (χ3v) is 8.27. The Morgan fingerprint density at radius 2 is 1.89 bits per heavy atom. The Morgan fingerprint density at radius 3 is 2.62 bits per heavy atom. The molecule has 1 saturated heterocycles. The van der Waals surface area contributed by atoms with Crippen molar-refractivity contribution in [2.75, 3.05) is 26.2 Å². The maximum Gasteiger partial charge on any atom is 0.243 e. The number of hydrogen-bond acceptors (Lipinski definition) is 6. The van der Waals surface area contributed by atoms with Crippen molar-refractivity contribution in [3.63, 3.8) is 0 Å². The van der Waals surface area contributed by atoms with Gasteiger partial charge in [0, 0.05) is 25.7 Å². The van der Waals surface area contributed by atoms with Crippen LogP contribution in [0.1, 0.15) is 19.3 Å². The van der Waals surface area contributed by atoms with Crippen molar-refractivity contribution in [1.82, 2.24) is 19.8 Å². The largest absolute Gasteiger partial charge is 0.394 e. The summed E-state index contributed by atoms with van der Waals surface area (Å²) in [5.74, 6) is -1.03. The van der Waals surface area contributed by atoms with Crippen molar-refractivity contribution in [2.24, 2.45) is 5.73 Å². The van der Waals surface area contributed by atoms with E-state index in [0.717, 1.165) is 10.8 Å². The Morgan fingerprint density at radius 1 is 1.14 bits per heavy atom. The number of aliphatic hydroxyl groups is 1. The molecule has 6 N–H and O–H groups in total. The molecule has 198 valence electrons. The first kappa shape index (κ1) is 26.6. The third-order valence-electron chi connectivity index (χ3n) is 6.80. The van der Waals surface area contributed by atoms with E-state index in [9.17, 15) is 23.1 Å². The predicted molar refractivity (Wildman–Crippen MR) is 139 cm³/mol. The molecule has 0 spiro atoms. The summed E-state index contributed by atoms with van der Waals surface area (Å²) in [4.78, 5) is 29.1. The number of amides is 2. The Bertz CT molecular complexity index is 1310. The van der Waals surface area contributed by atoms with E-state index in [-0.39, 0.29) is 29.3 Å². The number of benzene rings is 2. The highest BCUT2D eigenvalue weighted by Crippen LogP contribution is 2.21. The van der Waals surface area contributed by atoms with Crippen molar-refractivity contribution in [3.05, 3.63) is 54.6 Å². The lowest BCUT2D eigenvalue weighted by atomic mass is 10.1. The minimum Gasteiger partial charge on any atom is -0.394 e. The van der Waals surface area contributed by atoms with Crippen LogP contribution < -0.4 is 15.8 Å². The van der Waals surface area contributed by atoms with Gasteiger partial charge in [0.25, 0.3) is 0 Å². The second kappa shape index (κ2) is 11.3. The standard InChI is InChI=1S/C25H32N6O5S/c26-25(27)31-12-4-3-9-22(31)23(33)28-15-19-8-5-13-30(19)24(34)21(16-32)29-37(35,36)20-11-10-17-6-1-2-7-18(17)14-20/h1-4,6-7,10-11,14,19,21-22,29,32H,5,8-9,12-13,15-16H2,(H3,26,27)(H,28,33)/t19?,21-,22-/m0/s1. The van der Waals surface area contributed by atoms with Gasteiger partial charge in [0.1, 0.15) is 12.1 Å². The third kappa shape index (κ3) is 5.92. The zero-order valence-electron chi connectivity index (χ0n) is 20.3. The Hall–Kier alpha value is -3.48. The lowest BCUT2D eigenvalue weighted by Crippen LogP contribution is -2.56. The number of nitrogens with two attached hydrogens (primary N) is 1. The van der Waals surface area contributed by atoms with Gasteiger partial charge in [0.05, 0.1) is 11.5 Å². The minimum atomic E-state index is -4.08. The summed E-state index contributed by atoms with van der Waals surface area (Å²) < 4.78 is 28.4. The lowest BCUT2D eigenvalue weighted by molar-refractivity contribution is -0.135. The van der Waals surface area contributed by atoms with Crippen LogP contribution in [0.25, 0.3) is 10.8 Å². The van der Waals surface area contributed by atoms with Gasteiger partial charge >= 0.3 is 0 Å². The monoisotopic (exact) mass is 528 g/mol. The molecule has 1 unspecified atom stereocenters. The highest BCUT2D eigenvalue weighted by atomic mass is 32.2. The van der Waals surface area contributed by atoms with Crippen LogP contribution in [-0.4, -0.2) is 85.5 Å². The first-order valence-corrected chi connectivity index (χ1v) is 13.7. The molecule has 1 fully saturated rings. The number of nitrogens with zero attached hydrogens (tertiary/aromatic N) is 2. The van der Waals surface area contributed by atoms with E-state index in [1.807, 2.05) is 24.3 Å². The molecule has 0 aliphatic carbocycles. The SMILES string of the molecule is N=C(N)N1CC=CC[C@H]1C(=O)NCC1CCCN1C(=O)[C@H](CO)NS(=O)(=O)c1ccc2ccccc2c1. The van der Waals surface area contributed by atoms with Gasteiger partial charge in [0.15, 0.2) is 5.96 Å². The number of fused-ring (bicyclic) bond motifs is 1. The maximum atomic E-state index is 13.3. The van der Waals surface area contributed by atoms with Gasteiger partial charge in [0.2, 0.25) is 21.8 Å². The van der Waals surface area contributed by atoms with E-state index in [2.05, 4.69) is 10.0 Å². The Balaban J connectivity index is 1.41. The van der Waals surface area contributed by atoms with Crippen LogP contribution in [0.4, 0.5) is 0 Å². The normalized spacial score (nSPS) is 20.7. The molecule has 37 heavy (non-hydrogen) atoms. The molecule has 0 saturated carbocycles. The van der Waals surface area contributed by atoms with Crippen LogP contribution >= 0.6 is 0 Å². The Kier molecular flexibility index (Phi) is 8.10. The number of hydrogen-bond donors (Lipinski definition) is 5. The van der Waals surface area contributed by atoms with Crippen LogP contribution in [0, 0.1) is 5.41 Å². The number of guanidine groups is 1. The molecule has 2 aromatic rings. The second-order valence-corrected chi connectivity index (χ2v) is 10.9. The van der Waals surface area contributed by atoms with Gasteiger partial charge in [-0.25, -0.2) is 8.42 Å². The van der Waals surface area contributed by atoms with Gasteiger partial charge in [-0.1, -0.05) is 42.5 Å². The number of likely N-dealkylation sites (tertiary alicyclic amines) is 1. The molecular weight excluding hydrogens is 496 g/mol. The van der Waals surface area contributed by atoms with Gasteiger partial charge in [-0.2, -0.15) is 4.72 Å². The number of nitrogens with one attached hydrogen (secondary N) is 3. The molecule has 0 radical (unpaired) electrons. The molecule has 2 aromatic carbocycles. The highest BCUT2D eigenvalue weighted by Gasteiger charge is 2.36. The van der Waals surface area contributed by atoms with Crippen molar-refractivity contribution < 1.29 is 23.1 Å². The lowest BCUT2D eigenvalue weighted by Gasteiger charge is -2.33. The van der Waals surface area contributed by atoms with Crippen LogP contribution in [0.5, 0.6) is 0 Å². The number of carbonyl (C=O) groups is 2. The molecule has 3 atom stereocenters. The molecule has 2 aliphatic heterocycles. The van der Waals surface area contributed by atoms with Crippen molar-refractivity contribution in [2.45, 2.75) is 42.3 Å². The van der Waals surface area contributed by atoms with Gasteiger partial charge < -0.3 is 26.0 Å². The fourth-order valence-electron chi connectivity index (χ4n) is 4.81.